The zero-order valence-corrected chi connectivity index (χ0v) is 14.4. The Morgan fingerprint density at radius 1 is 1.18 bits per heavy atom. The van der Waals surface area contributed by atoms with Crippen molar-refractivity contribution >= 4 is 11.6 Å². The molecule has 1 heterocycles. The fourth-order valence-corrected chi connectivity index (χ4v) is 4.57. The van der Waals surface area contributed by atoms with Gasteiger partial charge < -0.3 is 4.90 Å². The van der Waals surface area contributed by atoms with E-state index in [0.717, 1.165) is 18.5 Å². The van der Waals surface area contributed by atoms with Gasteiger partial charge in [0.15, 0.2) is 0 Å². The molecule has 3 rings (SSSR count). The molecule has 1 saturated carbocycles. The van der Waals surface area contributed by atoms with Gasteiger partial charge >= 0.3 is 0 Å². The summed E-state index contributed by atoms with van der Waals surface area (Å²) in [5, 5.41) is 0. The minimum absolute atomic E-state index is 0.206. The summed E-state index contributed by atoms with van der Waals surface area (Å²) in [4.78, 5) is 15.5. The summed E-state index contributed by atoms with van der Waals surface area (Å²) in [5.41, 5.74) is 2.48. The standard InChI is InChI=1S/C20H29NO/c1-13(2)17-10-9-14(3)11-18(17)20(22)21-15(4)12-16-7-5-6-8-19(16)21/h5-8,13-15,17-18H,9-12H2,1-4H3/t14-,15?,17+,18-/m1/s1. The Morgan fingerprint density at radius 2 is 1.91 bits per heavy atom. The number of anilines is 1. The molecule has 120 valence electrons. The monoisotopic (exact) mass is 299 g/mol. The predicted octanol–water partition coefficient (Wildman–Crippen LogP) is 4.67. The number of benzene rings is 1. The van der Waals surface area contributed by atoms with Crippen molar-refractivity contribution in [2.45, 2.75) is 59.4 Å². The molecule has 1 fully saturated rings. The van der Waals surface area contributed by atoms with Crippen LogP contribution >= 0.6 is 0 Å². The van der Waals surface area contributed by atoms with Crippen LogP contribution in [0.3, 0.4) is 0 Å². The van der Waals surface area contributed by atoms with Crippen LogP contribution in [-0.2, 0) is 11.2 Å². The summed E-state index contributed by atoms with van der Waals surface area (Å²) < 4.78 is 0. The molecule has 22 heavy (non-hydrogen) atoms. The Kier molecular flexibility index (Phi) is 4.29. The van der Waals surface area contributed by atoms with Crippen molar-refractivity contribution in [2.24, 2.45) is 23.7 Å². The number of fused-ring (bicyclic) bond motifs is 1. The summed E-state index contributed by atoms with van der Waals surface area (Å²) in [6.07, 6.45) is 4.54. The van der Waals surface area contributed by atoms with Crippen molar-refractivity contribution in [1.82, 2.24) is 0 Å². The average Bonchev–Trinajstić information content (AvgIpc) is 2.81. The Balaban J connectivity index is 1.89. The molecule has 1 aromatic carbocycles. The van der Waals surface area contributed by atoms with Crippen LogP contribution in [0.2, 0.25) is 0 Å². The Hall–Kier alpha value is -1.31. The first-order valence-electron chi connectivity index (χ1n) is 8.90. The molecule has 1 aliphatic heterocycles. The minimum atomic E-state index is 0.206. The van der Waals surface area contributed by atoms with Gasteiger partial charge in [0.2, 0.25) is 5.91 Å². The second-order valence-electron chi connectivity index (χ2n) is 7.82. The lowest BCUT2D eigenvalue weighted by Gasteiger charge is -2.39. The largest absolute Gasteiger partial charge is 0.309 e. The van der Waals surface area contributed by atoms with Gasteiger partial charge in [0.05, 0.1) is 0 Å². The van der Waals surface area contributed by atoms with E-state index in [9.17, 15) is 4.79 Å². The van der Waals surface area contributed by atoms with E-state index in [1.807, 2.05) is 0 Å². The highest BCUT2D eigenvalue weighted by atomic mass is 16.2. The third kappa shape index (κ3) is 2.68. The molecule has 1 aliphatic carbocycles. The SMILES string of the molecule is CC(C)[C@@H]1CC[C@@H](C)C[C@H]1C(=O)N1c2ccccc2CC1C. The molecule has 0 aromatic heterocycles. The molecule has 0 bridgehead atoms. The lowest BCUT2D eigenvalue weighted by molar-refractivity contribution is -0.126. The van der Waals surface area contributed by atoms with Gasteiger partial charge in [-0.3, -0.25) is 4.79 Å². The molecule has 2 heteroatoms. The number of para-hydroxylation sites is 1. The molecule has 1 aromatic rings. The first-order valence-corrected chi connectivity index (χ1v) is 8.90. The van der Waals surface area contributed by atoms with Crippen molar-refractivity contribution in [3.05, 3.63) is 29.8 Å². The summed E-state index contributed by atoms with van der Waals surface area (Å²) in [5.74, 6) is 2.40. The highest BCUT2D eigenvalue weighted by Crippen LogP contribution is 2.41. The average molecular weight is 299 g/mol. The molecule has 2 nitrogen and oxygen atoms in total. The smallest absolute Gasteiger partial charge is 0.230 e. The molecule has 0 N–H and O–H groups in total. The van der Waals surface area contributed by atoms with Crippen LogP contribution in [0.1, 0.15) is 52.5 Å². The number of rotatable bonds is 2. The molecular weight excluding hydrogens is 270 g/mol. The highest BCUT2D eigenvalue weighted by molar-refractivity contribution is 5.97. The lowest BCUT2D eigenvalue weighted by Crippen LogP contribution is -2.45. The summed E-state index contributed by atoms with van der Waals surface area (Å²) >= 11 is 0. The van der Waals surface area contributed by atoms with E-state index in [0.29, 0.717) is 29.7 Å². The zero-order chi connectivity index (χ0) is 15.9. The van der Waals surface area contributed by atoms with Crippen LogP contribution < -0.4 is 4.90 Å². The molecule has 2 aliphatic rings. The van der Waals surface area contributed by atoms with E-state index in [1.165, 1.54) is 18.4 Å². The lowest BCUT2D eigenvalue weighted by atomic mass is 9.69. The molecule has 0 spiro atoms. The van der Waals surface area contributed by atoms with Crippen molar-refractivity contribution < 1.29 is 4.79 Å². The molecular formula is C20H29NO. The van der Waals surface area contributed by atoms with Crippen molar-refractivity contribution in [3.8, 4) is 0 Å². The summed E-state index contributed by atoms with van der Waals surface area (Å²) in [6.45, 7) is 9.05. The van der Waals surface area contributed by atoms with Crippen LogP contribution in [0.25, 0.3) is 0 Å². The van der Waals surface area contributed by atoms with Crippen LogP contribution in [0.15, 0.2) is 24.3 Å². The van der Waals surface area contributed by atoms with Gasteiger partial charge in [-0.25, -0.2) is 0 Å². The van der Waals surface area contributed by atoms with Crippen LogP contribution in [0, 0.1) is 23.7 Å². The van der Waals surface area contributed by atoms with Gasteiger partial charge in [0.1, 0.15) is 0 Å². The third-order valence-corrected chi connectivity index (χ3v) is 5.78. The van der Waals surface area contributed by atoms with Gasteiger partial charge in [0, 0.05) is 17.6 Å². The fourth-order valence-electron chi connectivity index (χ4n) is 4.57. The number of hydrogen-bond acceptors (Lipinski definition) is 1. The minimum Gasteiger partial charge on any atom is -0.309 e. The Bertz CT molecular complexity index is 550. The first kappa shape index (κ1) is 15.6. The van der Waals surface area contributed by atoms with Crippen molar-refractivity contribution in [1.29, 1.82) is 0 Å². The first-order chi connectivity index (χ1) is 10.5. The second-order valence-corrected chi connectivity index (χ2v) is 7.82. The van der Waals surface area contributed by atoms with E-state index in [4.69, 9.17) is 0 Å². The van der Waals surface area contributed by atoms with E-state index < -0.39 is 0 Å². The number of amides is 1. The molecule has 0 radical (unpaired) electrons. The number of hydrogen-bond donors (Lipinski definition) is 0. The summed E-state index contributed by atoms with van der Waals surface area (Å²) in [6, 6.07) is 8.73. The summed E-state index contributed by atoms with van der Waals surface area (Å²) in [7, 11) is 0. The zero-order valence-electron chi connectivity index (χ0n) is 14.4. The van der Waals surface area contributed by atoms with Gasteiger partial charge in [-0.05, 0) is 55.6 Å². The maximum atomic E-state index is 13.4. The molecule has 1 amide bonds. The maximum absolute atomic E-state index is 13.4. The van der Waals surface area contributed by atoms with Gasteiger partial charge in [-0.2, -0.15) is 0 Å². The normalized spacial score (nSPS) is 31.4. The third-order valence-electron chi connectivity index (χ3n) is 5.78. The number of nitrogens with zero attached hydrogens (tertiary/aromatic N) is 1. The molecule has 4 atom stereocenters. The van der Waals surface area contributed by atoms with Crippen molar-refractivity contribution in [3.63, 3.8) is 0 Å². The molecule has 1 unspecified atom stereocenters. The van der Waals surface area contributed by atoms with Gasteiger partial charge in [0.25, 0.3) is 0 Å². The Labute approximate surface area is 134 Å². The van der Waals surface area contributed by atoms with Gasteiger partial charge in [-0.15, -0.1) is 0 Å². The quantitative estimate of drug-likeness (QED) is 0.777. The maximum Gasteiger partial charge on any atom is 0.230 e. The topological polar surface area (TPSA) is 20.3 Å². The number of carbonyl (C=O) groups is 1. The predicted molar refractivity (Wildman–Crippen MR) is 91.9 cm³/mol. The second kappa shape index (κ2) is 6.06. The highest BCUT2D eigenvalue weighted by Gasteiger charge is 2.41. The van der Waals surface area contributed by atoms with Gasteiger partial charge in [-0.1, -0.05) is 45.4 Å². The van der Waals surface area contributed by atoms with Crippen LogP contribution in [0.4, 0.5) is 5.69 Å². The Morgan fingerprint density at radius 3 is 2.64 bits per heavy atom. The van der Waals surface area contributed by atoms with E-state index in [1.54, 1.807) is 0 Å². The van der Waals surface area contributed by atoms with E-state index in [-0.39, 0.29) is 5.92 Å². The number of carbonyl (C=O) groups excluding carboxylic acids is 1. The van der Waals surface area contributed by atoms with E-state index >= 15 is 0 Å². The van der Waals surface area contributed by atoms with Crippen LogP contribution in [-0.4, -0.2) is 11.9 Å². The van der Waals surface area contributed by atoms with Crippen LogP contribution in [0.5, 0.6) is 0 Å². The fraction of sp³-hybridized carbons (Fsp3) is 0.650. The van der Waals surface area contributed by atoms with Crippen molar-refractivity contribution in [2.75, 3.05) is 4.90 Å². The molecule has 0 saturated heterocycles. The van der Waals surface area contributed by atoms with E-state index in [2.05, 4.69) is 56.9 Å².